The van der Waals surface area contributed by atoms with Crippen LogP contribution < -0.4 is 5.09 Å². The van der Waals surface area contributed by atoms with Crippen LogP contribution in [-0.2, 0) is 27.9 Å². The van der Waals surface area contributed by atoms with Crippen LogP contribution >= 0.6 is 7.75 Å². The van der Waals surface area contributed by atoms with E-state index in [0.29, 0.717) is 38.0 Å². The van der Waals surface area contributed by atoms with Gasteiger partial charge in [-0.2, -0.15) is 0 Å². The molecule has 0 aromatic heterocycles. The molecule has 0 aliphatic heterocycles. The first kappa shape index (κ1) is 26.3. The number of rotatable bonds is 8. The monoisotopic (exact) mass is 497 g/mol. The van der Waals surface area contributed by atoms with Crippen molar-refractivity contribution in [1.82, 2.24) is 5.09 Å². The van der Waals surface area contributed by atoms with Crippen LogP contribution in [-0.4, -0.2) is 37.1 Å². The van der Waals surface area contributed by atoms with Crippen LogP contribution in [0, 0.1) is 34.0 Å². The van der Waals surface area contributed by atoms with Crippen molar-refractivity contribution in [3.05, 3.63) is 0 Å². The van der Waals surface area contributed by atoms with E-state index in [1.165, 1.54) is 6.92 Å². The van der Waals surface area contributed by atoms with Gasteiger partial charge in [0.25, 0.3) is 0 Å². The molecule has 5 aliphatic rings. The molecule has 1 spiro atoms. The number of nitrogens with one attached hydrogen (secondary N) is 1. The van der Waals surface area contributed by atoms with Crippen LogP contribution in [0.5, 0.6) is 0 Å². The smallest absolute Gasteiger partial charge is 0.405 e. The van der Waals surface area contributed by atoms with Crippen molar-refractivity contribution < 1.29 is 27.9 Å². The SMILES string of the molecule is CCOP(=O)(NCC1(C)CCCC2(C)C3CC4C(=O)C[C@@]3(CC[C@H]12)CC4(C)OC(C)=O)OCC. The third-order valence-corrected chi connectivity index (χ3v) is 11.8. The van der Waals surface area contributed by atoms with Gasteiger partial charge in [0, 0.05) is 19.9 Å². The Morgan fingerprint density at radius 1 is 1.09 bits per heavy atom. The maximum atomic E-state index is 13.2. The van der Waals surface area contributed by atoms with Crippen molar-refractivity contribution >= 4 is 19.5 Å². The Kier molecular flexibility index (Phi) is 6.94. The summed E-state index contributed by atoms with van der Waals surface area (Å²) in [7, 11) is -3.32. The molecule has 7 atom stereocenters. The van der Waals surface area contributed by atoms with E-state index in [-0.39, 0.29) is 33.9 Å². The minimum Gasteiger partial charge on any atom is -0.459 e. The standard InChI is InChI=1S/C26H44NO6P/c1-7-31-34(30,32-8-2)27-17-23(4)11-9-12-24(5)21(23)10-13-26-15-20(29)19(14-22(24)26)25(6,16-26)33-18(3)28/h19,21-22H,7-17H2,1-6H3,(H,27,30)/t19?,21-,22?,23?,24?,25?,26+/m1/s1. The number of esters is 1. The first-order chi connectivity index (χ1) is 15.9. The Bertz CT molecular complexity index is 869. The maximum Gasteiger partial charge on any atom is 0.405 e. The van der Waals surface area contributed by atoms with Crippen molar-refractivity contribution in [3.8, 4) is 0 Å². The van der Waals surface area contributed by atoms with Crippen LogP contribution in [0.25, 0.3) is 0 Å². The second kappa shape index (κ2) is 8.97. The van der Waals surface area contributed by atoms with Gasteiger partial charge in [-0.15, -0.1) is 0 Å². The largest absolute Gasteiger partial charge is 0.459 e. The highest BCUT2D eigenvalue weighted by atomic mass is 31.2. The topological polar surface area (TPSA) is 90.9 Å². The Morgan fingerprint density at radius 3 is 2.38 bits per heavy atom. The summed E-state index contributed by atoms with van der Waals surface area (Å²) < 4.78 is 30.0. The van der Waals surface area contributed by atoms with Gasteiger partial charge in [0.1, 0.15) is 11.4 Å². The highest BCUT2D eigenvalue weighted by Gasteiger charge is 2.69. The molecule has 8 heteroatoms. The van der Waals surface area contributed by atoms with Crippen molar-refractivity contribution in [2.75, 3.05) is 19.8 Å². The molecule has 34 heavy (non-hydrogen) atoms. The van der Waals surface area contributed by atoms with Crippen LogP contribution in [0.15, 0.2) is 0 Å². The van der Waals surface area contributed by atoms with E-state index in [1.54, 1.807) is 0 Å². The van der Waals surface area contributed by atoms with Crippen molar-refractivity contribution in [2.24, 2.45) is 34.0 Å². The summed E-state index contributed by atoms with van der Waals surface area (Å²) in [4.78, 5) is 25.1. The van der Waals surface area contributed by atoms with Crippen LogP contribution in [0.3, 0.4) is 0 Å². The Balaban J connectivity index is 1.60. The molecule has 0 aromatic carbocycles. The average molecular weight is 498 g/mol. The Morgan fingerprint density at radius 2 is 1.76 bits per heavy atom. The predicted octanol–water partition coefficient (Wildman–Crippen LogP) is 5.67. The third-order valence-electron chi connectivity index (χ3n) is 10.0. The summed E-state index contributed by atoms with van der Waals surface area (Å²) in [5.41, 5.74) is -0.691. The molecular weight excluding hydrogens is 453 g/mol. The van der Waals surface area contributed by atoms with Gasteiger partial charge < -0.3 is 4.74 Å². The first-order valence-electron chi connectivity index (χ1n) is 13.2. The number of fused-ring (bicyclic) bond motifs is 3. The van der Waals surface area contributed by atoms with E-state index in [9.17, 15) is 14.2 Å². The van der Waals surface area contributed by atoms with E-state index in [2.05, 4.69) is 18.9 Å². The molecule has 5 saturated carbocycles. The fourth-order valence-electron chi connectivity index (χ4n) is 9.07. The maximum absolute atomic E-state index is 13.2. The molecule has 7 nitrogen and oxygen atoms in total. The quantitative estimate of drug-likeness (QED) is 0.341. The molecule has 5 unspecified atom stereocenters. The second-order valence-corrected chi connectivity index (χ2v) is 14.0. The van der Waals surface area contributed by atoms with E-state index < -0.39 is 13.3 Å². The summed E-state index contributed by atoms with van der Waals surface area (Å²) >= 11 is 0. The molecule has 1 N–H and O–H groups in total. The zero-order valence-electron chi connectivity index (χ0n) is 21.9. The molecule has 5 fully saturated rings. The first-order valence-corrected chi connectivity index (χ1v) is 14.8. The minimum atomic E-state index is -3.32. The molecule has 5 rings (SSSR count). The summed E-state index contributed by atoms with van der Waals surface area (Å²) in [6.45, 7) is 13.1. The number of hydrogen-bond donors (Lipinski definition) is 1. The van der Waals surface area contributed by atoms with Gasteiger partial charge >= 0.3 is 13.7 Å². The fourth-order valence-corrected chi connectivity index (χ4v) is 10.6. The van der Waals surface area contributed by atoms with Gasteiger partial charge in [-0.05, 0) is 87.4 Å². The molecule has 0 saturated heterocycles. The van der Waals surface area contributed by atoms with Crippen molar-refractivity contribution in [2.45, 2.75) is 98.5 Å². The molecule has 0 aromatic rings. The lowest BCUT2D eigenvalue weighted by Crippen LogP contribution is -2.67. The fraction of sp³-hybridized carbons (Fsp3) is 0.923. The lowest BCUT2D eigenvalue weighted by molar-refractivity contribution is -0.232. The number of carbonyl (C=O) groups is 2. The number of Topliss-reactive ketones (excluding diaryl/α,β-unsaturated/α-hetero) is 1. The molecule has 0 amide bonds. The van der Waals surface area contributed by atoms with Gasteiger partial charge in [-0.1, -0.05) is 20.3 Å². The summed E-state index contributed by atoms with van der Waals surface area (Å²) in [6.07, 6.45) is 7.60. The van der Waals surface area contributed by atoms with E-state index in [1.807, 2.05) is 20.8 Å². The molecule has 0 heterocycles. The van der Waals surface area contributed by atoms with Crippen LogP contribution in [0.2, 0.25) is 0 Å². The number of ether oxygens (including phenoxy) is 1. The number of hydrogen-bond acceptors (Lipinski definition) is 6. The van der Waals surface area contributed by atoms with Gasteiger partial charge in [0.15, 0.2) is 0 Å². The zero-order chi connectivity index (χ0) is 25.0. The average Bonchev–Trinajstić information content (AvgIpc) is 2.71. The molecule has 0 radical (unpaired) electrons. The van der Waals surface area contributed by atoms with E-state index in [0.717, 1.165) is 44.9 Å². The van der Waals surface area contributed by atoms with Gasteiger partial charge in [0.05, 0.1) is 19.1 Å². The third kappa shape index (κ3) is 4.23. The summed E-state index contributed by atoms with van der Waals surface area (Å²) in [5, 5.41) is 3.20. The highest BCUT2D eigenvalue weighted by Crippen LogP contribution is 2.72. The van der Waals surface area contributed by atoms with E-state index in [4.69, 9.17) is 13.8 Å². The number of carbonyl (C=O) groups excluding carboxylic acids is 2. The summed E-state index contributed by atoms with van der Waals surface area (Å²) in [5.74, 6) is 0.683. The second-order valence-electron chi connectivity index (χ2n) is 12.2. The Labute approximate surface area is 205 Å². The van der Waals surface area contributed by atoms with Crippen molar-refractivity contribution in [1.29, 1.82) is 0 Å². The lowest BCUT2D eigenvalue weighted by atomic mass is 9.35. The molecule has 194 valence electrons. The minimum absolute atomic E-state index is 0.0294. The van der Waals surface area contributed by atoms with Crippen LogP contribution in [0.4, 0.5) is 0 Å². The lowest BCUT2D eigenvalue weighted by Gasteiger charge is -2.69. The van der Waals surface area contributed by atoms with E-state index >= 15 is 0 Å². The highest BCUT2D eigenvalue weighted by molar-refractivity contribution is 7.51. The molecule has 5 aliphatic carbocycles. The molecular formula is C26H44NO6P. The van der Waals surface area contributed by atoms with Gasteiger partial charge in [-0.3, -0.25) is 18.6 Å². The molecule has 2 bridgehead atoms. The Hall–Kier alpha value is -0.750. The predicted molar refractivity (Wildman–Crippen MR) is 130 cm³/mol. The summed E-state index contributed by atoms with van der Waals surface area (Å²) in [6, 6.07) is 0. The van der Waals surface area contributed by atoms with Crippen molar-refractivity contribution in [3.63, 3.8) is 0 Å². The number of ketones is 1. The normalized spacial score (nSPS) is 43.8. The van der Waals surface area contributed by atoms with Gasteiger partial charge in [-0.25, -0.2) is 9.65 Å². The van der Waals surface area contributed by atoms with Crippen LogP contribution in [0.1, 0.15) is 92.9 Å². The zero-order valence-corrected chi connectivity index (χ0v) is 22.8. The van der Waals surface area contributed by atoms with Gasteiger partial charge in [0.2, 0.25) is 0 Å².